The monoisotopic (exact) mass is 332 g/mol. The maximum Gasteiger partial charge on any atom is 0.158 e. The fourth-order valence-electron chi connectivity index (χ4n) is 3.01. The number of anilines is 2. The van der Waals surface area contributed by atoms with E-state index in [2.05, 4.69) is 30.6 Å². The van der Waals surface area contributed by atoms with Crippen molar-refractivity contribution < 1.29 is 9.37 Å². The van der Waals surface area contributed by atoms with Crippen molar-refractivity contribution >= 4 is 44.5 Å². The third kappa shape index (κ3) is 2.01. The van der Waals surface area contributed by atoms with Crippen LogP contribution in [0.5, 0.6) is 5.75 Å². The van der Waals surface area contributed by atoms with E-state index in [-0.39, 0.29) is 0 Å². The van der Waals surface area contributed by atoms with Crippen LogP contribution in [0.25, 0.3) is 33.0 Å². The Morgan fingerprint density at radius 1 is 1.04 bits per heavy atom. The van der Waals surface area contributed by atoms with Crippen LogP contribution < -0.4 is 10.1 Å². The lowest BCUT2D eigenvalue weighted by atomic mass is 10.2. The molecule has 0 bridgehead atoms. The van der Waals surface area contributed by atoms with E-state index in [1.807, 2.05) is 36.4 Å². The summed E-state index contributed by atoms with van der Waals surface area (Å²) in [7, 11) is 1.65. The highest BCUT2D eigenvalue weighted by atomic mass is 16.6. The van der Waals surface area contributed by atoms with Gasteiger partial charge in [0.15, 0.2) is 11.3 Å². The highest BCUT2D eigenvalue weighted by Gasteiger charge is 2.15. The molecule has 0 radical (unpaired) electrons. The fraction of sp³-hybridized carbons (Fsp3) is 0.0588. The van der Waals surface area contributed by atoms with Crippen LogP contribution >= 0.6 is 0 Å². The van der Waals surface area contributed by atoms with E-state index >= 15 is 0 Å². The molecule has 2 aromatic carbocycles. The molecule has 3 aromatic heterocycles. The Bertz CT molecular complexity index is 1230. The summed E-state index contributed by atoms with van der Waals surface area (Å²) in [6.45, 7) is 0. The van der Waals surface area contributed by atoms with E-state index in [9.17, 15) is 0 Å². The molecule has 2 N–H and O–H groups in total. The van der Waals surface area contributed by atoms with Crippen molar-refractivity contribution in [2.24, 2.45) is 0 Å². The Kier molecular flexibility index (Phi) is 2.84. The van der Waals surface area contributed by atoms with Gasteiger partial charge in [-0.25, -0.2) is 14.6 Å². The molecule has 0 amide bonds. The standard InChI is InChI=1S/C17H12N6O2/c1-24-12-7-3-4-9-13(12)15-16(20-9)17(19-8-18-15)21-10-5-2-6-11-14(10)23-25-22-11/h2-8,20H,1H3,(H,18,19,21). The van der Waals surface area contributed by atoms with Crippen LogP contribution in [-0.2, 0) is 0 Å². The largest absolute Gasteiger partial charge is 0.496 e. The topological polar surface area (TPSA) is 102 Å². The minimum atomic E-state index is 0.638. The highest BCUT2D eigenvalue weighted by molar-refractivity contribution is 6.11. The Morgan fingerprint density at radius 3 is 2.88 bits per heavy atom. The number of rotatable bonds is 3. The molecule has 0 unspecified atom stereocenters. The lowest BCUT2D eigenvalue weighted by Gasteiger charge is -2.06. The number of fused-ring (bicyclic) bond motifs is 4. The highest BCUT2D eigenvalue weighted by Crippen LogP contribution is 2.35. The molecule has 5 aromatic rings. The van der Waals surface area contributed by atoms with Gasteiger partial charge in [0.2, 0.25) is 0 Å². The Morgan fingerprint density at radius 2 is 1.96 bits per heavy atom. The molecule has 0 saturated carbocycles. The molecule has 8 heteroatoms. The second-order valence-electron chi connectivity index (χ2n) is 5.52. The number of hydrogen-bond acceptors (Lipinski definition) is 7. The molecule has 0 fully saturated rings. The summed E-state index contributed by atoms with van der Waals surface area (Å²) < 4.78 is 10.3. The lowest BCUT2D eigenvalue weighted by Crippen LogP contribution is -1.96. The van der Waals surface area contributed by atoms with E-state index in [1.54, 1.807) is 7.11 Å². The van der Waals surface area contributed by atoms with Crippen LogP contribution in [0.3, 0.4) is 0 Å². The predicted molar refractivity (Wildman–Crippen MR) is 93.0 cm³/mol. The lowest BCUT2D eigenvalue weighted by molar-refractivity contribution is 0.315. The van der Waals surface area contributed by atoms with Crippen LogP contribution in [0.1, 0.15) is 0 Å². The van der Waals surface area contributed by atoms with Crippen LogP contribution in [0.15, 0.2) is 47.4 Å². The number of benzene rings is 2. The molecule has 0 spiro atoms. The fourth-order valence-corrected chi connectivity index (χ4v) is 3.01. The van der Waals surface area contributed by atoms with E-state index in [0.717, 1.165) is 33.4 Å². The Balaban J connectivity index is 1.73. The molecule has 0 aliphatic carbocycles. The maximum atomic E-state index is 5.47. The van der Waals surface area contributed by atoms with Crippen molar-refractivity contribution in [1.82, 2.24) is 25.3 Å². The smallest absolute Gasteiger partial charge is 0.158 e. The number of methoxy groups -OCH3 is 1. The molecule has 8 nitrogen and oxygen atoms in total. The van der Waals surface area contributed by atoms with Gasteiger partial charge in [0.1, 0.15) is 28.6 Å². The van der Waals surface area contributed by atoms with E-state index in [4.69, 9.17) is 9.37 Å². The van der Waals surface area contributed by atoms with Gasteiger partial charge in [-0.05, 0) is 34.6 Å². The number of nitrogens with zero attached hydrogens (tertiary/aromatic N) is 4. The van der Waals surface area contributed by atoms with Gasteiger partial charge in [-0.3, -0.25) is 0 Å². The average molecular weight is 332 g/mol. The minimum absolute atomic E-state index is 0.638. The molecule has 0 aliphatic rings. The molecule has 5 rings (SSSR count). The summed E-state index contributed by atoms with van der Waals surface area (Å²) in [5, 5.41) is 12.0. The quantitative estimate of drug-likeness (QED) is 0.522. The molecule has 25 heavy (non-hydrogen) atoms. The van der Waals surface area contributed by atoms with Gasteiger partial charge in [0.05, 0.1) is 23.7 Å². The normalized spacial score (nSPS) is 11.4. The number of hydrogen-bond donors (Lipinski definition) is 2. The third-order valence-electron chi connectivity index (χ3n) is 4.13. The number of ether oxygens (including phenoxy) is 1. The van der Waals surface area contributed by atoms with E-state index < -0.39 is 0 Å². The van der Waals surface area contributed by atoms with Gasteiger partial charge in [0.25, 0.3) is 0 Å². The molecule has 0 atom stereocenters. The van der Waals surface area contributed by atoms with Gasteiger partial charge in [0, 0.05) is 0 Å². The minimum Gasteiger partial charge on any atom is -0.496 e. The summed E-state index contributed by atoms with van der Waals surface area (Å²) in [5.74, 6) is 1.40. The molecule has 0 aliphatic heterocycles. The van der Waals surface area contributed by atoms with Crippen LogP contribution in [0.4, 0.5) is 11.5 Å². The zero-order valence-electron chi connectivity index (χ0n) is 13.1. The number of H-pyrrole nitrogens is 1. The first-order valence-electron chi connectivity index (χ1n) is 7.63. The van der Waals surface area contributed by atoms with Crippen molar-refractivity contribution in [2.45, 2.75) is 0 Å². The van der Waals surface area contributed by atoms with Crippen LogP contribution in [0.2, 0.25) is 0 Å². The zero-order valence-corrected chi connectivity index (χ0v) is 13.1. The molecule has 3 heterocycles. The van der Waals surface area contributed by atoms with Crippen molar-refractivity contribution in [1.29, 1.82) is 0 Å². The summed E-state index contributed by atoms with van der Waals surface area (Å²) in [6, 6.07) is 11.4. The second kappa shape index (κ2) is 5.17. The van der Waals surface area contributed by atoms with Crippen molar-refractivity contribution in [3.8, 4) is 5.75 Å². The first kappa shape index (κ1) is 13.7. The second-order valence-corrected chi connectivity index (χ2v) is 5.52. The summed E-state index contributed by atoms with van der Waals surface area (Å²) in [4.78, 5) is 12.2. The van der Waals surface area contributed by atoms with Crippen LogP contribution in [-0.4, -0.2) is 32.4 Å². The molecule has 122 valence electrons. The summed E-state index contributed by atoms with van der Waals surface area (Å²) in [6.07, 6.45) is 1.52. The molecular weight excluding hydrogens is 320 g/mol. The molecular formula is C17H12N6O2. The van der Waals surface area contributed by atoms with Gasteiger partial charge in [-0.15, -0.1) is 0 Å². The Hall–Kier alpha value is -3.68. The van der Waals surface area contributed by atoms with Crippen LogP contribution in [0, 0.1) is 0 Å². The van der Waals surface area contributed by atoms with E-state index in [1.165, 1.54) is 6.33 Å². The summed E-state index contributed by atoms with van der Waals surface area (Å²) >= 11 is 0. The SMILES string of the molecule is COc1cccc2[nH]c3c(Nc4cccc5nonc45)ncnc3c12. The zero-order chi connectivity index (χ0) is 16.8. The van der Waals surface area contributed by atoms with Crippen molar-refractivity contribution in [3.63, 3.8) is 0 Å². The first-order valence-corrected chi connectivity index (χ1v) is 7.63. The first-order chi connectivity index (χ1) is 12.3. The van der Waals surface area contributed by atoms with Gasteiger partial charge < -0.3 is 15.0 Å². The van der Waals surface area contributed by atoms with Crippen molar-refractivity contribution in [2.75, 3.05) is 12.4 Å². The molecule has 0 saturated heterocycles. The number of nitrogens with one attached hydrogen (secondary N) is 2. The number of aromatic amines is 1. The third-order valence-corrected chi connectivity index (χ3v) is 4.13. The average Bonchev–Trinajstić information content (AvgIpc) is 3.27. The summed E-state index contributed by atoms with van der Waals surface area (Å²) in [5.41, 5.74) is 4.58. The Labute approximate surface area is 140 Å². The maximum absolute atomic E-state index is 5.47. The van der Waals surface area contributed by atoms with E-state index in [0.29, 0.717) is 16.9 Å². The predicted octanol–water partition coefficient (Wildman–Crippen LogP) is 3.40. The van der Waals surface area contributed by atoms with Gasteiger partial charge in [-0.2, -0.15) is 0 Å². The van der Waals surface area contributed by atoms with Crippen molar-refractivity contribution in [3.05, 3.63) is 42.7 Å². The number of aromatic nitrogens is 5. The van der Waals surface area contributed by atoms with Gasteiger partial charge in [-0.1, -0.05) is 12.1 Å². The van der Waals surface area contributed by atoms with Gasteiger partial charge >= 0.3 is 0 Å².